The topological polar surface area (TPSA) is 58.9 Å². The molecule has 0 bridgehead atoms. The summed E-state index contributed by atoms with van der Waals surface area (Å²) in [5.74, 6) is 0. The molecule has 0 spiro atoms. The van der Waals surface area contributed by atoms with Gasteiger partial charge in [-0.05, 0) is 70.2 Å². The first-order valence-corrected chi connectivity index (χ1v) is 19.2. The molecule has 1 aliphatic carbocycles. The average Bonchev–Trinajstić information content (AvgIpc) is 3.54. The van der Waals surface area contributed by atoms with Crippen LogP contribution in [-0.2, 0) is 35.5 Å². The van der Waals surface area contributed by atoms with Crippen molar-refractivity contribution in [2.75, 3.05) is 26.4 Å². The summed E-state index contributed by atoms with van der Waals surface area (Å²) in [6.07, 6.45) is 24.8. The van der Waals surface area contributed by atoms with Crippen LogP contribution in [0.1, 0.15) is 135 Å². The van der Waals surface area contributed by atoms with Crippen molar-refractivity contribution in [3.63, 3.8) is 0 Å². The highest BCUT2D eigenvalue weighted by Gasteiger charge is 2.40. The van der Waals surface area contributed by atoms with Gasteiger partial charge in [-0.2, -0.15) is 0 Å². The fourth-order valence-corrected chi connectivity index (χ4v) is 7.04. The van der Waals surface area contributed by atoms with Crippen LogP contribution in [0.25, 0.3) is 24.3 Å². The van der Waals surface area contributed by atoms with Gasteiger partial charge in [-0.1, -0.05) is 163 Å². The summed E-state index contributed by atoms with van der Waals surface area (Å²) in [5.41, 5.74) is 8.73. The van der Waals surface area contributed by atoms with Crippen molar-refractivity contribution < 1.29 is 19.7 Å². The molecule has 0 unspecified atom stereocenters. The maximum atomic E-state index is 10.6. The average molecular weight is 667 g/mol. The molecule has 0 fully saturated rings. The normalized spacial score (nSPS) is 14.0. The van der Waals surface area contributed by atoms with Crippen molar-refractivity contribution in [1.29, 1.82) is 0 Å². The number of hydrogen-bond donors (Lipinski definition) is 2. The third-order valence-corrected chi connectivity index (χ3v) is 10.1. The minimum atomic E-state index is -0.596. The Morgan fingerprint density at radius 2 is 0.918 bits per heavy atom. The molecular weight excluding hydrogens is 604 g/mol. The highest BCUT2D eigenvalue weighted by atomic mass is 16.5. The maximum absolute atomic E-state index is 10.6. The summed E-state index contributed by atoms with van der Waals surface area (Å²) in [6, 6.07) is 20.8. The van der Waals surface area contributed by atoms with E-state index in [1.165, 1.54) is 86.5 Å². The zero-order chi connectivity index (χ0) is 34.6. The lowest BCUT2D eigenvalue weighted by Crippen LogP contribution is -2.30. The lowest BCUT2D eigenvalue weighted by molar-refractivity contribution is 0.0633. The first-order valence-electron chi connectivity index (χ1n) is 19.2. The molecule has 49 heavy (non-hydrogen) atoms. The molecule has 266 valence electrons. The van der Waals surface area contributed by atoms with E-state index in [1.807, 2.05) is 12.1 Å². The summed E-state index contributed by atoms with van der Waals surface area (Å²) in [6.45, 7) is 6.86. The monoisotopic (exact) mass is 666 g/mol. The van der Waals surface area contributed by atoms with Crippen molar-refractivity contribution >= 4 is 24.3 Å². The second kappa shape index (κ2) is 21.9. The van der Waals surface area contributed by atoms with Crippen LogP contribution in [0.4, 0.5) is 0 Å². The Hall–Kier alpha value is -3.02. The van der Waals surface area contributed by atoms with Gasteiger partial charge >= 0.3 is 0 Å². The van der Waals surface area contributed by atoms with Crippen molar-refractivity contribution in [1.82, 2.24) is 0 Å². The maximum Gasteiger partial charge on any atom is 0.0726 e. The first kappa shape index (κ1) is 38.8. The smallest absolute Gasteiger partial charge is 0.0726 e. The Morgan fingerprint density at radius 3 is 1.31 bits per heavy atom. The van der Waals surface area contributed by atoms with Crippen LogP contribution in [-0.4, -0.2) is 36.6 Å². The van der Waals surface area contributed by atoms with E-state index in [4.69, 9.17) is 9.47 Å². The van der Waals surface area contributed by atoms with Gasteiger partial charge in [0, 0.05) is 18.6 Å². The van der Waals surface area contributed by atoms with E-state index in [-0.39, 0.29) is 13.2 Å². The summed E-state index contributed by atoms with van der Waals surface area (Å²) < 4.78 is 13.0. The van der Waals surface area contributed by atoms with Gasteiger partial charge in [-0.25, -0.2) is 0 Å². The Bertz CT molecular complexity index is 1300. The first-order chi connectivity index (χ1) is 24.1. The largest absolute Gasteiger partial charge is 0.396 e. The molecule has 4 nitrogen and oxygen atoms in total. The van der Waals surface area contributed by atoms with E-state index in [0.717, 1.165) is 48.3 Å². The molecule has 0 amide bonds. The number of aliphatic hydroxyl groups is 2. The number of unbranched alkanes of at least 4 members (excludes halogenated alkanes) is 10. The molecule has 0 atom stereocenters. The van der Waals surface area contributed by atoms with Crippen LogP contribution in [0.15, 0.2) is 60.7 Å². The molecule has 0 radical (unpaired) electrons. The molecule has 4 rings (SSSR count). The zero-order valence-corrected chi connectivity index (χ0v) is 30.4. The van der Waals surface area contributed by atoms with Gasteiger partial charge in [0.05, 0.1) is 26.4 Å². The van der Waals surface area contributed by atoms with Crippen LogP contribution in [0, 0.1) is 5.41 Å². The standard InChI is InChI=1S/C45H62O4/c1-3-5-7-9-11-19-29-48-33-43-39(27-25-37-21-15-13-16-22-37)41-31-45(35-46,36-47)32-42(41)40(28-26-38-23-17-14-18-24-38)44(43)34-49-30-20-12-10-8-6-4-2/h13-18,21-28,46-47H,3-12,19-20,29-36H2,1-2H3/b27-25+,28-26+. The van der Waals surface area contributed by atoms with Crippen molar-refractivity contribution in [2.24, 2.45) is 5.41 Å². The molecule has 3 aromatic rings. The highest BCUT2D eigenvalue weighted by molar-refractivity contribution is 5.81. The van der Waals surface area contributed by atoms with Crippen LogP contribution >= 0.6 is 0 Å². The Kier molecular flexibility index (Phi) is 17.4. The van der Waals surface area contributed by atoms with Gasteiger partial charge in [0.1, 0.15) is 0 Å². The molecule has 0 aromatic heterocycles. The minimum Gasteiger partial charge on any atom is -0.396 e. The molecule has 0 saturated carbocycles. The number of benzene rings is 3. The molecular formula is C45H62O4. The Labute approximate surface area is 297 Å². The van der Waals surface area contributed by atoms with Crippen molar-refractivity contribution in [3.8, 4) is 0 Å². The molecule has 4 heteroatoms. The molecule has 0 saturated heterocycles. The Morgan fingerprint density at radius 1 is 0.531 bits per heavy atom. The van der Waals surface area contributed by atoms with Gasteiger partial charge < -0.3 is 19.7 Å². The van der Waals surface area contributed by atoms with Gasteiger partial charge in [0.2, 0.25) is 0 Å². The van der Waals surface area contributed by atoms with Crippen LogP contribution in [0.5, 0.6) is 0 Å². The van der Waals surface area contributed by atoms with Gasteiger partial charge in [-0.15, -0.1) is 0 Å². The number of aliphatic hydroxyl groups excluding tert-OH is 2. The third kappa shape index (κ3) is 12.1. The van der Waals surface area contributed by atoms with E-state index in [9.17, 15) is 10.2 Å². The molecule has 0 aliphatic heterocycles. The lowest BCUT2D eigenvalue weighted by Gasteiger charge is -2.23. The lowest BCUT2D eigenvalue weighted by atomic mass is 9.86. The zero-order valence-electron chi connectivity index (χ0n) is 30.4. The number of ether oxygens (including phenoxy) is 2. The van der Waals surface area contributed by atoms with E-state index >= 15 is 0 Å². The van der Waals surface area contributed by atoms with Gasteiger partial charge in [0.25, 0.3) is 0 Å². The van der Waals surface area contributed by atoms with Gasteiger partial charge in [0.15, 0.2) is 0 Å². The molecule has 3 aromatic carbocycles. The summed E-state index contributed by atoms with van der Waals surface area (Å²) in [7, 11) is 0. The summed E-state index contributed by atoms with van der Waals surface area (Å²) in [4.78, 5) is 0. The predicted molar refractivity (Wildman–Crippen MR) is 207 cm³/mol. The van der Waals surface area contributed by atoms with Crippen molar-refractivity contribution in [2.45, 2.75) is 117 Å². The van der Waals surface area contributed by atoms with Crippen LogP contribution in [0.3, 0.4) is 0 Å². The summed E-state index contributed by atoms with van der Waals surface area (Å²) in [5, 5.41) is 21.3. The minimum absolute atomic E-state index is 0.0599. The van der Waals surface area contributed by atoms with E-state index in [2.05, 4.69) is 86.7 Å². The third-order valence-electron chi connectivity index (χ3n) is 10.1. The number of rotatable bonds is 24. The van der Waals surface area contributed by atoms with E-state index in [0.29, 0.717) is 26.1 Å². The van der Waals surface area contributed by atoms with E-state index < -0.39 is 5.41 Å². The van der Waals surface area contributed by atoms with Gasteiger partial charge in [-0.3, -0.25) is 0 Å². The van der Waals surface area contributed by atoms with Crippen LogP contribution < -0.4 is 0 Å². The molecule has 1 aliphatic rings. The predicted octanol–water partition coefficient (Wildman–Crippen LogP) is 10.9. The molecule has 2 N–H and O–H groups in total. The molecule has 0 heterocycles. The second-order valence-electron chi connectivity index (χ2n) is 14.0. The number of hydrogen-bond acceptors (Lipinski definition) is 4. The fraction of sp³-hybridized carbons (Fsp3) is 0.511. The highest BCUT2D eigenvalue weighted by Crippen LogP contribution is 2.44. The Balaban J connectivity index is 1.74. The van der Waals surface area contributed by atoms with E-state index in [1.54, 1.807) is 0 Å². The quantitative estimate of drug-likeness (QED) is 0.0738. The fourth-order valence-electron chi connectivity index (χ4n) is 7.04. The second-order valence-corrected chi connectivity index (χ2v) is 14.0. The van der Waals surface area contributed by atoms with Crippen molar-refractivity contribution in [3.05, 3.63) is 105 Å². The summed E-state index contributed by atoms with van der Waals surface area (Å²) >= 11 is 0. The SMILES string of the molecule is CCCCCCCCOCc1c(/C=C/c2ccccc2)c2c(c(/C=C/c3ccccc3)c1COCCCCCCCC)CC(CO)(CO)C2. The van der Waals surface area contributed by atoms with Crippen LogP contribution in [0.2, 0.25) is 0 Å². The number of fused-ring (bicyclic) bond motifs is 1.